The number of aromatic nitrogens is 2. The Balaban J connectivity index is 2.92. The molecule has 0 spiro atoms. The van der Waals surface area contributed by atoms with Crippen molar-refractivity contribution in [2.75, 3.05) is 0 Å². The molecule has 0 aliphatic rings. The fourth-order valence-electron chi connectivity index (χ4n) is 1.68. The highest BCUT2D eigenvalue weighted by Gasteiger charge is 2.10. The summed E-state index contributed by atoms with van der Waals surface area (Å²) in [5.74, 6) is 0.350. The molecule has 0 fully saturated rings. The second-order valence-corrected chi connectivity index (χ2v) is 3.24. The van der Waals surface area contributed by atoms with E-state index in [4.69, 9.17) is 5.73 Å². The van der Waals surface area contributed by atoms with E-state index in [0.29, 0.717) is 5.69 Å². The number of nitrogens with two attached hydrogens (primary N) is 1. The van der Waals surface area contributed by atoms with Crippen LogP contribution in [0.25, 0.3) is 5.52 Å². The maximum absolute atomic E-state index is 11.2. The highest BCUT2D eigenvalue weighted by atomic mass is 16.1. The topological polar surface area (TPSA) is 60.4 Å². The Morgan fingerprint density at radius 3 is 2.79 bits per heavy atom. The lowest BCUT2D eigenvalue weighted by atomic mass is 10.3. The largest absolute Gasteiger partial charge is 0.364 e. The van der Waals surface area contributed by atoms with Crippen LogP contribution in [0.1, 0.15) is 22.0 Å². The molecule has 0 aromatic carbocycles. The van der Waals surface area contributed by atoms with Crippen molar-refractivity contribution >= 4 is 11.4 Å². The van der Waals surface area contributed by atoms with Gasteiger partial charge in [0, 0.05) is 0 Å². The normalized spacial score (nSPS) is 10.7. The third-order valence-corrected chi connectivity index (χ3v) is 2.27. The summed E-state index contributed by atoms with van der Waals surface area (Å²) in [7, 11) is 0. The number of nitrogens with zero attached hydrogens (tertiary/aromatic N) is 2. The van der Waals surface area contributed by atoms with E-state index in [1.807, 2.05) is 26.0 Å². The summed E-state index contributed by atoms with van der Waals surface area (Å²) in [4.78, 5) is 15.4. The van der Waals surface area contributed by atoms with Gasteiger partial charge in [-0.15, -0.1) is 0 Å². The van der Waals surface area contributed by atoms with Gasteiger partial charge in [-0.3, -0.25) is 9.20 Å². The van der Waals surface area contributed by atoms with E-state index < -0.39 is 5.91 Å². The number of pyridine rings is 1. The zero-order valence-electron chi connectivity index (χ0n) is 8.11. The molecule has 2 heterocycles. The minimum atomic E-state index is -0.434. The van der Waals surface area contributed by atoms with Crippen molar-refractivity contribution in [3.05, 3.63) is 35.4 Å². The zero-order chi connectivity index (χ0) is 10.3. The first-order chi connectivity index (χ1) is 6.61. The standard InChI is InChI=1S/C10H11N3O/c1-6-8-4-3-5-9(10(11)14)13(8)7(2)12-6/h3-5H,1-2H3,(H2,11,14). The van der Waals surface area contributed by atoms with Gasteiger partial charge in [0.05, 0.1) is 11.2 Å². The molecule has 4 heteroatoms. The van der Waals surface area contributed by atoms with E-state index >= 15 is 0 Å². The quantitative estimate of drug-likeness (QED) is 0.728. The minimum absolute atomic E-state index is 0.434. The summed E-state index contributed by atoms with van der Waals surface area (Å²) in [5.41, 5.74) is 7.58. The van der Waals surface area contributed by atoms with E-state index in [1.54, 1.807) is 10.5 Å². The van der Waals surface area contributed by atoms with E-state index in [0.717, 1.165) is 17.0 Å². The van der Waals surface area contributed by atoms with Crippen LogP contribution >= 0.6 is 0 Å². The van der Waals surface area contributed by atoms with Crippen LogP contribution < -0.4 is 5.73 Å². The summed E-state index contributed by atoms with van der Waals surface area (Å²) in [6.45, 7) is 3.76. The van der Waals surface area contributed by atoms with E-state index in [9.17, 15) is 4.79 Å². The number of rotatable bonds is 1. The number of amides is 1. The van der Waals surface area contributed by atoms with Crippen molar-refractivity contribution in [3.63, 3.8) is 0 Å². The first-order valence-corrected chi connectivity index (χ1v) is 4.35. The Hall–Kier alpha value is -1.84. The van der Waals surface area contributed by atoms with Crippen LogP contribution in [0.15, 0.2) is 18.2 Å². The number of hydrogen-bond donors (Lipinski definition) is 1. The molecule has 0 saturated heterocycles. The first-order valence-electron chi connectivity index (χ1n) is 4.35. The third kappa shape index (κ3) is 1.08. The van der Waals surface area contributed by atoms with Gasteiger partial charge in [0.15, 0.2) is 0 Å². The Labute approximate surface area is 81.4 Å². The molecule has 0 unspecified atom stereocenters. The van der Waals surface area contributed by atoms with Crippen LogP contribution in [0, 0.1) is 13.8 Å². The number of primary amides is 1. The number of hydrogen-bond acceptors (Lipinski definition) is 2. The molecule has 2 rings (SSSR count). The molecule has 0 bridgehead atoms. The molecule has 1 amide bonds. The van der Waals surface area contributed by atoms with Gasteiger partial charge in [-0.05, 0) is 26.0 Å². The summed E-state index contributed by atoms with van der Waals surface area (Å²) in [5, 5.41) is 0. The molecular weight excluding hydrogens is 178 g/mol. The van der Waals surface area contributed by atoms with Crippen molar-refractivity contribution in [2.24, 2.45) is 5.73 Å². The van der Waals surface area contributed by atoms with Crippen molar-refractivity contribution in [3.8, 4) is 0 Å². The van der Waals surface area contributed by atoms with Crippen LogP contribution in [-0.2, 0) is 0 Å². The zero-order valence-corrected chi connectivity index (χ0v) is 8.11. The fourth-order valence-corrected chi connectivity index (χ4v) is 1.68. The van der Waals surface area contributed by atoms with Gasteiger partial charge in [0.25, 0.3) is 5.91 Å². The molecule has 0 radical (unpaired) electrons. The van der Waals surface area contributed by atoms with Gasteiger partial charge >= 0.3 is 0 Å². The second-order valence-electron chi connectivity index (χ2n) is 3.24. The monoisotopic (exact) mass is 189 g/mol. The van der Waals surface area contributed by atoms with Crippen molar-refractivity contribution in [2.45, 2.75) is 13.8 Å². The highest BCUT2D eigenvalue weighted by molar-refractivity contribution is 5.92. The average Bonchev–Trinajstić information content (AvgIpc) is 2.43. The lowest BCUT2D eigenvalue weighted by Crippen LogP contribution is -2.15. The third-order valence-electron chi connectivity index (χ3n) is 2.27. The van der Waals surface area contributed by atoms with Crippen LogP contribution in [0.5, 0.6) is 0 Å². The smallest absolute Gasteiger partial charge is 0.265 e. The maximum atomic E-state index is 11.2. The predicted molar refractivity (Wildman–Crippen MR) is 53.2 cm³/mol. The van der Waals surface area contributed by atoms with E-state index in [2.05, 4.69) is 4.98 Å². The van der Waals surface area contributed by atoms with Crippen LogP contribution in [0.4, 0.5) is 0 Å². The molecule has 0 atom stereocenters. The van der Waals surface area contributed by atoms with Gasteiger partial charge in [-0.2, -0.15) is 0 Å². The average molecular weight is 189 g/mol. The second kappa shape index (κ2) is 2.83. The lowest BCUT2D eigenvalue weighted by molar-refractivity contribution is 0.0994. The summed E-state index contributed by atoms with van der Waals surface area (Å²) in [6.07, 6.45) is 0. The molecule has 14 heavy (non-hydrogen) atoms. The number of aryl methyl sites for hydroxylation is 2. The Bertz CT molecular complexity index is 513. The van der Waals surface area contributed by atoms with Crippen molar-refractivity contribution < 1.29 is 4.79 Å². The van der Waals surface area contributed by atoms with E-state index in [1.165, 1.54) is 0 Å². The number of imidazole rings is 1. The number of fused-ring (bicyclic) bond motifs is 1. The molecule has 4 nitrogen and oxygen atoms in total. The minimum Gasteiger partial charge on any atom is -0.364 e. The molecular formula is C10H11N3O. The molecule has 0 aliphatic heterocycles. The van der Waals surface area contributed by atoms with Gasteiger partial charge in [-0.1, -0.05) is 6.07 Å². The molecule has 2 aromatic rings. The summed E-state index contributed by atoms with van der Waals surface area (Å²) in [6, 6.07) is 5.43. The van der Waals surface area contributed by atoms with Gasteiger partial charge in [-0.25, -0.2) is 4.98 Å². The number of carbonyl (C=O) groups excluding carboxylic acids is 1. The summed E-state index contributed by atoms with van der Waals surface area (Å²) < 4.78 is 1.78. The van der Waals surface area contributed by atoms with Crippen LogP contribution in [-0.4, -0.2) is 15.3 Å². The first kappa shape index (κ1) is 8.74. The number of carbonyl (C=O) groups is 1. The van der Waals surface area contributed by atoms with Crippen LogP contribution in [0.2, 0.25) is 0 Å². The Morgan fingerprint density at radius 2 is 2.14 bits per heavy atom. The van der Waals surface area contributed by atoms with Gasteiger partial charge in [0.2, 0.25) is 0 Å². The lowest BCUT2D eigenvalue weighted by Gasteiger charge is -2.02. The molecule has 2 aromatic heterocycles. The summed E-state index contributed by atoms with van der Waals surface area (Å²) >= 11 is 0. The highest BCUT2D eigenvalue weighted by Crippen LogP contribution is 2.14. The Morgan fingerprint density at radius 1 is 1.43 bits per heavy atom. The van der Waals surface area contributed by atoms with Crippen molar-refractivity contribution in [1.29, 1.82) is 0 Å². The fraction of sp³-hybridized carbons (Fsp3) is 0.200. The predicted octanol–water partition coefficient (Wildman–Crippen LogP) is 1.05. The molecule has 0 aliphatic carbocycles. The maximum Gasteiger partial charge on any atom is 0.265 e. The Kier molecular flexibility index (Phi) is 1.77. The van der Waals surface area contributed by atoms with E-state index in [-0.39, 0.29) is 0 Å². The van der Waals surface area contributed by atoms with Crippen LogP contribution in [0.3, 0.4) is 0 Å². The van der Waals surface area contributed by atoms with Gasteiger partial charge < -0.3 is 5.73 Å². The van der Waals surface area contributed by atoms with Crippen molar-refractivity contribution in [1.82, 2.24) is 9.38 Å². The van der Waals surface area contributed by atoms with Gasteiger partial charge in [0.1, 0.15) is 11.5 Å². The molecule has 2 N–H and O–H groups in total. The molecule has 72 valence electrons. The SMILES string of the molecule is Cc1nc(C)n2c(C(N)=O)cccc12. The molecule has 0 saturated carbocycles.